The van der Waals surface area contributed by atoms with E-state index in [1.54, 1.807) is 0 Å². The lowest BCUT2D eigenvalue weighted by molar-refractivity contribution is -0.127. The molecule has 5 nitrogen and oxygen atoms in total. The summed E-state index contributed by atoms with van der Waals surface area (Å²) in [5, 5.41) is 6.13. The number of hydrogen-bond donors (Lipinski definition) is 3. The normalized spacial score (nSPS) is 25.5. The first kappa shape index (κ1) is 20.2. The molecule has 2 aliphatic carbocycles. The van der Waals surface area contributed by atoms with Crippen molar-refractivity contribution >= 4 is 24.2 Å². The summed E-state index contributed by atoms with van der Waals surface area (Å²) in [7, 11) is 0. The molecule has 4 N–H and O–H groups in total. The Hall–Kier alpha value is -0.810. The second-order valence-corrected chi connectivity index (χ2v) is 7.74. The van der Waals surface area contributed by atoms with Crippen molar-refractivity contribution in [3.63, 3.8) is 0 Å². The van der Waals surface area contributed by atoms with Crippen molar-refractivity contribution in [1.82, 2.24) is 10.6 Å². The number of carbonyl (C=O) groups excluding carboxylic acids is 2. The summed E-state index contributed by atoms with van der Waals surface area (Å²) >= 11 is 0. The van der Waals surface area contributed by atoms with E-state index in [-0.39, 0.29) is 47.6 Å². The predicted octanol–water partition coefficient (Wildman–Crippen LogP) is 2.13. The molecule has 0 aromatic rings. The van der Waals surface area contributed by atoms with Gasteiger partial charge in [-0.25, -0.2) is 0 Å². The summed E-state index contributed by atoms with van der Waals surface area (Å²) in [6.07, 6.45) is 7.96. The van der Waals surface area contributed by atoms with E-state index in [4.69, 9.17) is 5.73 Å². The highest BCUT2D eigenvalue weighted by atomic mass is 35.5. The van der Waals surface area contributed by atoms with Gasteiger partial charge >= 0.3 is 0 Å². The van der Waals surface area contributed by atoms with Gasteiger partial charge in [0.05, 0.1) is 0 Å². The van der Waals surface area contributed by atoms with Crippen LogP contribution in [0.1, 0.15) is 65.2 Å². The Morgan fingerprint density at radius 1 is 0.957 bits per heavy atom. The van der Waals surface area contributed by atoms with E-state index in [9.17, 15) is 9.59 Å². The maximum Gasteiger partial charge on any atom is 0.223 e. The van der Waals surface area contributed by atoms with Crippen LogP contribution < -0.4 is 16.4 Å². The first-order valence-corrected chi connectivity index (χ1v) is 8.72. The van der Waals surface area contributed by atoms with Crippen LogP contribution in [0.25, 0.3) is 0 Å². The van der Waals surface area contributed by atoms with E-state index in [0.29, 0.717) is 6.54 Å². The first-order valence-electron chi connectivity index (χ1n) is 8.72. The van der Waals surface area contributed by atoms with Crippen LogP contribution >= 0.6 is 12.4 Å². The van der Waals surface area contributed by atoms with Crippen LogP contribution in [-0.2, 0) is 9.59 Å². The number of nitrogens with two attached hydrogens (primary N) is 1. The Balaban J connectivity index is 0.00000264. The molecule has 0 aromatic carbocycles. The molecule has 134 valence electrons. The zero-order valence-electron chi connectivity index (χ0n) is 14.4. The van der Waals surface area contributed by atoms with Gasteiger partial charge in [0, 0.05) is 30.0 Å². The zero-order valence-corrected chi connectivity index (χ0v) is 15.2. The second-order valence-electron chi connectivity index (χ2n) is 7.74. The Kier molecular flexibility index (Phi) is 7.81. The third-order valence-electron chi connectivity index (χ3n) is 4.89. The molecule has 2 rings (SSSR count). The molecule has 2 amide bonds. The fourth-order valence-corrected chi connectivity index (χ4v) is 3.47. The molecule has 0 atom stereocenters. The number of halogens is 1. The number of rotatable bonds is 5. The van der Waals surface area contributed by atoms with Gasteiger partial charge in [-0.2, -0.15) is 0 Å². The van der Waals surface area contributed by atoms with Crippen LogP contribution in [0.15, 0.2) is 0 Å². The van der Waals surface area contributed by atoms with Crippen LogP contribution in [0.2, 0.25) is 0 Å². The summed E-state index contributed by atoms with van der Waals surface area (Å²) in [6.45, 7) is 4.32. The van der Waals surface area contributed by atoms with Crippen molar-refractivity contribution in [2.24, 2.45) is 17.6 Å². The minimum Gasteiger partial charge on any atom is -0.354 e. The van der Waals surface area contributed by atoms with Crippen molar-refractivity contribution in [1.29, 1.82) is 0 Å². The molecule has 23 heavy (non-hydrogen) atoms. The van der Waals surface area contributed by atoms with Gasteiger partial charge in [0.15, 0.2) is 0 Å². The van der Waals surface area contributed by atoms with Crippen molar-refractivity contribution in [3.05, 3.63) is 0 Å². The molecule has 2 fully saturated rings. The van der Waals surface area contributed by atoms with Crippen LogP contribution in [0.4, 0.5) is 0 Å². The molecular weight excluding hydrogens is 314 g/mol. The van der Waals surface area contributed by atoms with Gasteiger partial charge in [-0.15, -0.1) is 12.4 Å². The summed E-state index contributed by atoms with van der Waals surface area (Å²) in [5.74, 6) is 0.643. The van der Waals surface area contributed by atoms with E-state index in [0.717, 1.165) is 38.5 Å². The smallest absolute Gasteiger partial charge is 0.223 e. The van der Waals surface area contributed by atoms with Crippen molar-refractivity contribution in [3.8, 4) is 0 Å². The largest absolute Gasteiger partial charge is 0.354 e. The Morgan fingerprint density at radius 3 is 2.00 bits per heavy atom. The Bertz CT molecular complexity index is 395. The molecule has 0 aliphatic heterocycles. The summed E-state index contributed by atoms with van der Waals surface area (Å²) in [4.78, 5) is 24.3. The Labute approximate surface area is 145 Å². The van der Waals surface area contributed by atoms with Gasteiger partial charge < -0.3 is 16.4 Å². The number of carbonyl (C=O) groups is 2. The van der Waals surface area contributed by atoms with Gasteiger partial charge in [0.1, 0.15) is 0 Å². The predicted molar refractivity (Wildman–Crippen MR) is 94.4 cm³/mol. The van der Waals surface area contributed by atoms with Crippen molar-refractivity contribution < 1.29 is 9.59 Å². The zero-order chi connectivity index (χ0) is 16.2. The maximum absolute atomic E-state index is 12.1. The van der Waals surface area contributed by atoms with Gasteiger partial charge in [-0.1, -0.05) is 12.8 Å². The van der Waals surface area contributed by atoms with Crippen LogP contribution in [0, 0.1) is 11.8 Å². The molecule has 6 heteroatoms. The Morgan fingerprint density at radius 2 is 1.48 bits per heavy atom. The van der Waals surface area contributed by atoms with Crippen molar-refractivity contribution in [2.75, 3.05) is 6.54 Å². The maximum atomic E-state index is 12.1. The fourth-order valence-electron chi connectivity index (χ4n) is 3.47. The molecule has 2 aliphatic rings. The second kappa shape index (κ2) is 8.88. The molecule has 0 heterocycles. The summed E-state index contributed by atoms with van der Waals surface area (Å²) in [5.41, 5.74) is 5.51. The monoisotopic (exact) mass is 345 g/mol. The van der Waals surface area contributed by atoms with Gasteiger partial charge in [0.25, 0.3) is 0 Å². The van der Waals surface area contributed by atoms with Gasteiger partial charge in [-0.3, -0.25) is 9.59 Å². The molecule has 2 saturated carbocycles. The van der Waals surface area contributed by atoms with Crippen molar-refractivity contribution in [2.45, 2.75) is 76.8 Å². The van der Waals surface area contributed by atoms with E-state index in [2.05, 4.69) is 10.6 Å². The van der Waals surface area contributed by atoms with Crippen LogP contribution in [0.5, 0.6) is 0 Å². The fraction of sp³-hybridized carbons (Fsp3) is 0.882. The standard InChI is InChI=1S/C17H31N3O2.ClH/c1-17(2,18)11-19-15(21)13-7-9-14(10-8-13)20-16(22)12-5-3-4-6-12;/h12-14H,3-11,18H2,1-2H3,(H,19,21)(H,20,22);1H. The lowest BCUT2D eigenvalue weighted by atomic mass is 9.85. The number of amides is 2. The average Bonchev–Trinajstić information content (AvgIpc) is 2.99. The molecular formula is C17H32ClN3O2. The highest BCUT2D eigenvalue weighted by molar-refractivity contribution is 5.85. The molecule has 0 unspecified atom stereocenters. The minimum atomic E-state index is -0.373. The quantitative estimate of drug-likeness (QED) is 0.713. The lowest BCUT2D eigenvalue weighted by Gasteiger charge is -2.30. The first-order chi connectivity index (χ1) is 10.3. The highest BCUT2D eigenvalue weighted by Crippen LogP contribution is 2.27. The van der Waals surface area contributed by atoms with Crippen LogP contribution in [-0.4, -0.2) is 29.9 Å². The molecule has 0 radical (unpaired) electrons. The van der Waals surface area contributed by atoms with E-state index in [1.165, 1.54) is 12.8 Å². The molecule has 0 aromatic heterocycles. The topological polar surface area (TPSA) is 84.2 Å². The van der Waals surface area contributed by atoms with E-state index >= 15 is 0 Å². The minimum absolute atomic E-state index is 0. The molecule has 0 bridgehead atoms. The lowest BCUT2D eigenvalue weighted by Crippen LogP contribution is -2.48. The third-order valence-corrected chi connectivity index (χ3v) is 4.89. The molecule has 0 spiro atoms. The summed E-state index contributed by atoms with van der Waals surface area (Å²) < 4.78 is 0. The number of hydrogen-bond acceptors (Lipinski definition) is 3. The number of nitrogens with one attached hydrogen (secondary N) is 2. The average molecular weight is 346 g/mol. The third kappa shape index (κ3) is 6.68. The van der Waals surface area contributed by atoms with E-state index in [1.807, 2.05) is 13.8 Å². The van der Waals surface area contributed by atoms with Gasteiger partial charge in [0.2, 0.25) is 11.8 Å². The SMILES string of the molecule is CC(C)(N)CNC(=O)C1CCC(NC(=O)C2CCCC2)CC1.Cl. The van der Waals surface area contributed by atoms with E-state index < -0.39 is 0 Å². The molecule has 0 saturated heterocycles. The highest BCUT2D eigenvalue weighted by Gasteiger charge is 2.30. The van der Waals surface area contributed by atoms with Crippen LogP contribution in [0.3, 0.4) is 0 Å². The van der Waals surface area contributed by atoms with Gasteiger partial charge in [-0.05, 0) is 52.4 Å². The summed E-state index contributed by atoms with van der Waals surface area (Å²) in [6, 6.07) is 0.253.